The van der Waals surface area contributed by atoms with E-state index in [0.29, 0.717) is 0 Å². The lowest BCUT2D eigenvalue weighted by Gasteiger charge is -2.41. The van der Waals surface area contributed by atoms with Crippen molar-refractivity contribution in [3.8, 4) is 0 Å². The highest BCUT2D eigenvalue weighted by Crippen LogP contribution is 2.31. The number of hydrogen-bond acceptors (Lipinski definition) is 11. The zero-order valence-corrected chi connectivity index (χ0v) is 17.9. The monoisotopic (exact) mass is 484 g/mol. The molecule has 1 aromatic heterocycles. The second-order valence-electron chi connectivity index (χ2n) is 7.55. The normalized spacial score (nSPS) is 23.4. The zero-order valence-electron chi connectivity index (χ0n) is 17.9. The lowest BCUT2D eigenvalue weighted by molar-refractivity contribution is -0.197. The van der Waals surface area contributed by atoms with E-state index in [9.17, 15) is 29.7 Å². The maximum absolute atomic E-state index is 12.2. The summed E-state index contributed by atoms with van der Waals surface area (Å²) in [6.07, 6.45) is -1.54. The predicted octanol–water partition coefficient (Wildman–Crippen LogP) is -5.08. The van der Waals surface area contributed by atoms with E-state index < -0.39 is 73.3 Å². The van der Waals surface area contributed by atoms with E-state index in [-0.39, 0.29) is 11.8 Å². The first-order valence-electron chi connectivity index (χ1n) is 9.93. The maximum Gasteiger partial charge on any atom is 0.351 e. The van der Waals surface area contributed by atoms with Crippen molar-refractivity contribution >= 4 is 23.7 Å². The topological polar surface area (TPSA) is 288 Å². The van der Waals surface area contributed by atoms with Gasteiger partial charge in [-0.15, -0.1) is 0 Å². The molecule has 16 nitrogen and oxygen atoms in total. The highest BCUT2D eigenvalue weighted by Gasteiger charge is 2.52. The number of guanidine groups is 1. The third-order valence-corrected chi connectivity index (χ3v) is 4.94. The van der Waals surface area contributed by atoms with Crippen molar-refractivity contribution in [3.05, 3.63) is 34.9 Å². The Kier molecular flexibility index (Phi) is 8.66. The van der Waals surface area contributed by atoms with Gasteiger partial charge in [0.2, 0.25) is 5.91 Å². The van der Waals surface area contributed by atoms with Crippen LogP contribution in [0.15, 0.2) is 34.2 Å². The molecule has 0 spiro atoms. The molecule has 1 amide bonds. The molecule has 6 atom stereocenters. The summed E-state index contributed by atoms with van der Waals surface area (Å²) in [5.74, 6) is -3.10. The fourth-order valence-corrected chi connectivity index (χ4v) is 3.22. The van der Waals surface area contributed by atoms with Gasteiger partial charge in [-0.2, -0.15) is 4.98 Å². The Bertz CT molecular complexity index is 1010. The molecule has 0 saturated carbocycles. The summed E-state index contributed by atoms with van der Waals surface area (Å²) in [6, 6.07) is -1.35. The van der Waals surface area contributed by atoms with E-state index in [2.05, 4.69) is 15.3 Å². The highest BCUT2D eigenvalue weighted by atomic mass is 16.5. The summed E-state index contributed by atoms with van der Waals surface area (Å²) in [5, 5.41) is 42.7. The highest BCUT2D eigenvalue weighted by molar-refractivity contribution is 5.83. The van der Waals surface area contributed by atoms with Crippen LogP contribution in [0.25, 0.3) is 0 Å². The molecule has 16 heteroatoms. The van der Waals surface area contributed by atoms with Gasteiger partial charge in [-0.25, -0.2) is 9.59 Å². The molecule has 188 valence electrons. The standard InChI is InChI=1S/C18H28N8O8/c19-9(7-27)14(29)24-10-1-2-12(26-4-3-11(20)25-17(26)32)34-13(10)18(33,15(30)31)5-8(28)6-23-16(21)22/h1-4,8-10,12-13,27-28,33H,5-7,19H2,(H,24,29)(H,30,31)(H2,20,25,32)(H4,21,22,23)/t8-,9+,10+,12-,13+,18-/m1/s1. The van der Waals surface area contributed by atoms with Crippen LogP contribution in [0.2, 0.25) is 0 Å². The van der Waals surface area contributed by atoms with Crippen LogP contribution < -0.4 is 33.9 Å². The summed E-state index contributed by atoms with van der Waals surface area (Å²) in [4.78, 5) is 43.8. The number of nitrogens with two attached hydrogens (primary N) is 4. The van der Waals surface area contributed by atoms with E-state index in [0.717, 1.165) is 4.57 Å². The van der Waals surface area contributed by atoms with Crippen molar-refractivity contribution in [3.63, 3.8) is 0 Å². The Morgan fingerprint density at radius 1 is 1.35 bits per heavy atom. The van der Waals surface area contributed by atoms with Crippen molar-refractivity contribution < 1.29 is 34.8 Å². The number of ether oxygens (including phenoxy) is 1. The van der Waals surface area contributed by atoms with Gasteiger partial charge in [0.05, 0.1) is 25.3 Å². The summed E-state index contributed by atoms with van der Waals surface area (Å²) in [5.41, 5.74) is 17.8. The molecule has 0 fully saturated rings. The number of rotatable bonds is 10. The van der Waals surface area contributed by atoms with Crippen LogP contribution in [-0.4, -0.2) is 90.9 Å². The van der Waals surface area contributed by atoms with E-state index >= 15 is 0 Å². The third-order valence-electron chi connectivity index (χ3n) is 4.94. The summed E-state index contributed by atoms with van der Waals surface area (Å²) >= 11 is 0. The molecule has 0 unspecified atom stereocenters. The number of nitrogen functional groups attached to an aromatic ring is 1. The van der Waals surface area contributed by atoms with Gasteiger partial charge in [-0.1, -0.05) is 6.08 Å². The Labute approximate surface area is 192 Å². The fraction of sp³-hybridized carbons (Fsp3) is 0.500. The van der Waals surface area contributed by atoms with Crippen molar-refractivity contribution in [1.29, 1.82) is 0 Å². The van der Waals surface area contributed by atoms with Gasteiger partial charge < -0.3 is 53.4 Å². The van der Waals surface area contributed by atoms with Crippen LogP contribution >= 0.6 is 0 Å². The maximum atomic E-state index is 12.2. The van der Waals surface area contributed by atoms with Gasteiger partial charge in [0.1, 0.15) is 18.0 Å². The molecule has 1 aliphatic rings. The van der Waals surface area contributed by atoms with Gasteiger partial charge in [0, 0.05) is 12.6 Å². The number of aliphatic hydroxyl groups is 3. The number of aliphatic carboxylic acids is 1. The molecule has 0 aliphatic carbocycles. The average molecular weight is 484 g/mol. The Balaban J connectivity index is 2.46. The Hall–Kier alpha value is -3.57. The molecule has 0 radical (unpaired) electrons. The van der Waals surface area contributed by atoms with E-state index in [1.165, 1.54) is 24.4 Å². The SMILES string of the molecule is NC(N)=NC[C@H](O)C[C@](O)(C(=O)O)[C@H]1O[C@@H](n2ccc(N)nc2=O)C=C[C@@H]1NC(=O)[C@@H](N)CO. The molecule has 0 aromatic carbocycles. The Morgan fingerprint density at radius 2 is 2.03 bits per heavy atom. The van der Waals surface area contributed by atoms with Crippen LogP contribution in [0.4, 0.5) is 5.82 Å². The molecular formula is C18H28N8O8. The van der Waals surface area contributed by atoms with Crippen LogP contribution in [-0.2, 0) is 14.3 Å². The van der Waals surface area contributed by atoms with Crippen LogP contribution in [0.5, 0.6) is 0 Å². The number of carbonyl (C=O) groups is 2. The molecule has 0 saturated heterocycles. The van der Waals surface area contributed by atoms with Gasteiger partial charge in [0.15, 0.2) is 17.8 Å². The molecule has 0 bridgehead atoms. The number of carbonyl (C=O) groups excluding carboxylic acids is 1. The number of nitrogens with zero attached hydrogens (tertiary/aromatic N) is 3. The van der Waals surface area contributed by atoms with Gasteiger partial charge in [0.25, 0.3) is 0 Å². The average Bonchev–Trinajstić information content (AvgIpc) is 2.77. The number of carboxylic acid groups (broad SMARTS) is 1. The summed E-state index contributed by atoms with van der Waals surface area (Å²) in [6.45, 7) is -1.14. The fourth-order valence-electron chi connectivity index (χ4n) is 3.22. The van der Waals surface area contributed by atoms with Gasteiger partial charge in [-0.3, -0.25) is 14.4 Å². The lowest BCUT2D eigenvalue weighted by Crippen LogP contribution is -2.63. The largest absolute Gasteiger partial charge is 0.479 e. The minimum atomic E-state index is -2.81. The van der Waals surface area contributed by atoms with Crippen LogP contribution in [0, 0.1) is 0 Å². The first kappa shape index (κ1) is 26.7. The summed E-state index contributed by atoms with van der Waals surface area (Å²) in [7, 11) is 0. The quantitative estimate of drug-likeness (QED) is 0.0854. The van der Waals surface area contributed by atoms with E-state index in [4.69, 9.17) is 32.8 Å². The third kappa shape index (κ3) is 6.27. The van der Waals surface area contributed by atoms with Crippen LogP contribution in [0.1, 0.15) is 12.6 Å². The second kappa shape index (κ2) is 11.0. The number of aliphatic hydroxyl groups excluding tert-OH is 2. The number of amides is 1. The second-order valence-corrected chi connectivity index (χ2v) is 7.55. The van der Waals surface area contributed by atoms with E-state index in [1.807, 2.05) is 0 Å². The molecule has 1 aromatic rings. The predicted molar refractivity (Wildman–Crippen MR) is 117 cm³/mol. The number of nitrogens with one attached hydrogen (secondary N) is 1. The van der Waals surface area contributed by atoms with Gasteiger partial charge >= 0.3 is 11.7 Å². The number of hydrogen-bond donors (Lipinski definition) is 9. The minimum absolute atomic E-state index is 0.0642. The minimum Gasteiger partial charge on any atom is -0.479 e. The molecule has 13 N–H and O–H groups in total. The zero-order chi connectivity index (χ0) is 25.6. The summed E-state index contributed by atoms with van der Waals surface area (Å²) < 4.78 is 6.69. The number of carboxylic acids is 1. The number of aliphatic imine (C=N–C) groups is 1. The lowest BCUT2D eigenvalue weighted by atomic mass is 9.84. The first-order valence-corrected chi connectivity index (χ1v) is 9.93. The molecule has 1 aliphatic heterocycles. The Morgan fingerprint density at radius 3 is 2.59 bits per heavy atom. The van der Waals surface area contributed by atoms with Gasteiger partial charge in [-0.05, 0) is 12.1 Å². The molecule has 2 rings (SSSR count). The van der Waals surface area contributed by atoms with Crippen molar-refractivity contribution in [2.24, 2.45) is 22.2 Å². The first-order chi connectivity index (χ1) is 15.9. The van der Waals surface area contributed by atoms with E-state index in [1.54, 1.807) is 0 Å². The molecule has 34 heavy (non-hydrogen) atoms. The molecular weight excluding hydrogens is 456 g/mol. The van der Waals surface area contributed by atoms with Crippen molar-refractivity contribution in [2.45, 2.75) is 42.5 Å². The van der Waals surface area contributed by atoms with Crippen molar-refractivity contribution in [2.75, 3.05) is 18.9 Å². The smallest absolute Gasteiger partial charge is 0.351 e. The van der Waals surface area contributed by atoms with Crippen molar-refractivity contribution in [1.82, 2.24) is 14.9 Å². The number of aromatic nitrogens is 2. The number of anilines is 1. The van der Waals surface area contributed by atoms with Crippen LogP contribution in [0.3, 0.4) is 0 Å². The molecule has 2 heterocycles.